The van der Waals surface area contributed by atoms with Crippen LogP contribution in [-0.4, -0.2) is 53.3 Å². The highest BCUT2D eigenvalue weighted by molar-refractivity contribution is 7.98. The molecule has 148 valence electrons. The van der Waals surface area contributed by atoms with Crippen molar-refractivity contribution >= 4 is 29.5 Å². The Labute approximate surface area is 165 Å². The van der Waals surface area contributed by atoms with Crippen molar-refractivity contribution in [3.05, 3.63) is 35.9 Å². The SMILES string of the molecule is CSCCC(NC(=O)CCCc1ccccc1)C(=O)N1CCC[C@H]1C(N)=O. The van der Waals surface area contributed by atoms with Crippen molar-refractivity contribution < 1.29 is 14.4 Å². The van der Waals surface area contributed by atoms with E-state index in [1.807, 2.05) is 36.6 Å². The number of carbonyl (C=O) groups is 3. The van der Waals surface area contributed by atoms with Crippen LogP contribution in [0.1, 0.15) is 37.7 Å². The average molecular weight is 392 g/mol. The summed E-state index contributed by atoms with van der Waals surface area (Å²) in [5.74, 6) is -0.0314. The lowest BCUT2D eigenvalue weighted by atomic mass is 10.1. The van der Waals surface area contributed by atoms with Gasteiger partial charge in [0.05, 0.1) is 0 Å². The molecule has 0 aliphatic carbocycles. The fraction of sp³-hybridized carbons (Fsp3) is 0.550. The van der Waals surface area contributed by atoms with Crippen molar-refractivity contribution in [2.75, 3.05) is 18.6 Å². The van der Waals surface area contributed by atoms with Crippen molar-refractivity contribution in [3.63, 3.8) is 0 Å². The van der Waals surface area contributed by atoms with Gasteiger partial charge >= 0.3 is 0 Å². The predicted molar refractivity (Wildman–Crippen MR) is 108 cm³/mol. The first-order valence-corrected chi connectivity index (χ1v) is 10.8. The first-order valence-electron chi connectivity index (χ1n) is 9.45. The van der Waals surface area contributed by atoms with E-state index in [0.29, 0.717) is 25.8 Å². The quantitative estimate of drug-likeness (QED) is 0.635. The molecule has 2 atom stereocenters. The standard InChI is InChI=1S/C20H29N3O3S/c1-27-14-12-16(20(26)23-13-6-10-17(23)19(21)25)22-18(24)11-5-9-15-7-3-2-4-8-15/h2-4,7-8,16-17H,5-6,9-14H2,1H3,(H2,21,25)(H,22,24)/t16?,17-/m0/s1. The number of aryl methyl sites for hydroxylation is 1. The van der Waals surface area contributed by atoms with E-state index in [9.17, 15) is 14.4 Å². The number of hydrogen-bond donors (Lipinski definition) is 2. The van der Waals surface area contributed by atoms with Crippen molar-refractivity contribution in [1.29, 1.82) is 0 Å². The summed E-state index contributed by atoms with van der Waals surface area (Å²) >= 11 is 1.63. The van der Waals surface area contributed by atoms with Gasteiger partial charge in [-0.1, -0.05) is 30.3 Å². The van der Waals surface area contributed by atoms with E-state index in [4.69, 9.17) is 5.73 Å². The summed E-state index contributed by atoms with van der Waals surface area (Å²) < 4.78 is 0. The smallest absolute Gasteiger partial charge is 0.245 e. The maximum atomic E-state index is 12.9. The predicted octanol–water partition coefficient (Wildman–Crippen LogP) is 1.72. The molecule has 7 heteroatoms. The summed E-state index contributed by atoms with van der Waals surface area (Å²) in [6.45, 7) is 0.520. The average Bonchev–Trinajstić information content (AvgIpc) is 3.15. The first kappa shape index (κ1) is 21.3. The summed E-state index contributed by atoms with van der Waals surface area (Å²) in [7, 11) is 0. The van der Waals surface area contributed by atoms with Crippen LogP contribution in [0, 0.1) is 0 Å². The van der Waals surface area contributed by atoms with Gasteiger partial charge in [-0.05, 0) is 49.7 Å². The molecular formula is C20H29N3O3S. The maximum Gasteiger partial charge on any atom is 0.245 e. The Morgan fingerprint density at radius 3 is 2.70 bits per heavy atom. The molecule has 6 nitrogen and oxygen atoms in total. The number of likely N-dealkylation sites (tertiary alicyclic amines) is 1. The van der Waals surface area contributed by atoms with Gasteiger partial charge in [-0.3, -0.25) is 14.4 Å². The Balaban J connectivity index is 1.89. The van der Waals surface area contributed by atoms with Gasteiger partial charge in [0, 0.05) is 13.0 Å². The lowest BCUT2D eigenvalue weighted by Gasteiger charge is -2.27. The number of primary amides is 1. The first-order chi connectivity index (χ1) is 13.0. The molecule has 1 aromatic rings. The summed E-state index contributed by atoms with van der Waals surface area (Å²) in [6, 6.07) is 8.87. The number of hydrogen-bond acceptors (Lipinski definition) is 4. The fourth-order valence-corrected chi connectivity index (χ4v) is 3.86. The molecule has 0 spiro atoms. The van der Waals surface area contributed by atoms with E-state index < -0.39 is 18.0 Å². The van der Waals surface area contributed by atoms with Crippen LogP contribution in [0.2, 0.25) is 0 Å². The van der Waals surface area contributed by atoms with Crippen LogP contribution in [0.5, 0.6) is 0 Å². The second-order valence-corrected chi connectivity index (χ2v) is 7.82. The number of carbonyl (C=O) groups excluding carboxylic acids is 3. The van der Waals surface area contributed by atoms with Crippen molar-refractivity contribution in [2.45, 2.75) is 50.6 Å². The van der Waals surface area contributed by atoms with E-state index in [1.165, 1.54) is 10.5 Å². The van der Waals surface area contributed by atoms with Gasteiger partial charge in [0.2, 0.25) is 17.7 Å². The third-order valence-corrected chi connectivity index (χ3v) is 5.46. The minimum absolute atomic E-state index is 0.125. The summed E-state index contributed by atoms with van der Waals surface area (Å²) in [5.41, 5.74) is 6.62. The number of rotatable bonds is 10. The number of benzene rings is 1. The van der Waals surface area contributed by atoms with Crippen LogP contribution in [0.25, 0.3) is 0 Å². The zero-order chi connectivity index (χ0) is 19.6. The Bertz CT molecular complexity index is 639. The minimum Gasteiger partial charge on any atom is -0.368 e. The molecule has 1 heterocycles. The molecule has 0 saturated carbocycles. The molecule has 3 amide bonds. The highest BCUT2D eigenvalue weighted by atomic mass is 32.2. The van der Waals surface area contributed by atoms with Crippen LogP contribution in [0.4, 0.5) is 0 Å². The molecule has 0 bridgehead atoms. The van der Waals surface area contributed by atoms with Crippen LogP contribution < -0.4 is 11.1 Å². The molecule has 1 aliphatic heterocycles. The van der Waals surface area contributed by atoms with E-state index >= 15 is 0 Å². The Kier molecular flexibility index (Phi) is 8.64. The van der Waals surface area contributed by atoms with Crippen LogP contribution in [0.15, 0.2) is 30.3 Å². The molecular weight excluding hydrogens is 362 g/mol. The summed E-state index contributed by atoms with van der Waals surface area (Å²) in [4.78, 5) is 38.4. The summed E-state index contributed by atoms with van der Waals surface area (Å²) in [6.07, 6.45) is 5.80. The third-order valence-electron chi connectivity index (χ3n) is 4.82. The van der Waals surface area contributed by atoms with Gasteiger partial charge in [0.25, 0.3) is 0 Å². The molecule has 1 aliphatic rings. The number of nitrogens with zero attached hydrogens (tertiary/aromatic N) is 1. The van der Waals surface area contributed by atoms with Crippen LogP contribution in [0.3, 0.4) is 0 Å². The zero-order valence-corrected chi connectivity index (χ0v) is 16.7. The fourth-order valence-electron chi connectivity index (χ4n) is 3.38. The monoisotopic (exact) mass is 391 g/mol. The maximum absolute atomic E-state index is 12.9. The largest absolute Gasteiger partial charge is 0.368 e. The van der Waals surface area contributed by atoms with Crippen molar-refractivity contribution in [2.24, 2.45) is 5.73 Å². The van der Waals surface area contributed by atoms with E-state index in [1.54, 1.807) is 11.8 Å². The number of thioether (sulfide) groups is 1. The molecule has 3 N–H and O–H groups in total. The number of amides is 3. The third kappa shape index (κ3) is 6.57. The number of nitrogens with two attached hydrogens (primary N) is 1. The van der Waals surface area contributed by atoms with Gasteiger partial charge in [0.1, 0.15) is 12.1 Å². The van der Waals surface area contributed by atoms with Crippen molar-refractivity contribution in [3.8, 4) is 0 Å². The molecule has 1 unspecified atom stereocenters. The van der Waals surface area contributed by atoms with Gasteiger partial charge in [-0.25, -0.2) is 0 Å². The second kappa shape index (κ2) is 11.0. The van der Waals surface area contributed by atoms with Gasteiger partial charge in [-0.2, -0.15) is 11.8 Å². The Morgan fingerprint density at radius 2 is 2.04 bits per heavy atom. The highest BCUT2D eigenvalue weighted by Gasteiger charge is 2.36. The number of nitrogens with one attached hydrogen (secondary N) is 1. The van der Waals surface area contributed by atoms with E-state index in [2.05, 4.69) is 5.32 Å². The Morgan fingerprint density at radius 1 is 1.30 bits per heavy atom. The van der Waals surface area contributed by atoms with Gasteiger partial charge < -0.3 is 16.0 Å². The zero-order valence-electron chi connectivity index (χ0n) is 15.9. The van der Waals surface area contributed by atoms with Crippen molar-refractivity contribution in [1.82, 2.24) is 10.2 Å². The highest BCUT2D eigenvalue weighted by Crippen LogP contribution is 2.19. The molecule has 1 aromatic carbocycles. The lowest BCUT2D eigenvalue weighted by Crippen LogP contribution is -2.53. The lowest BCUT2D eigenvalue weighted by molar-refractivity contribution is -0.140. The van der Waals surface area contributed by atoms with Crippen LogP contribution in [-0.2, 0) is 20.8 Å². The minimum atomic E-state index is -0.596. The van der Waals surface area contributed by atoms with Gasteiger partial charge in [0.15, 0.2) is 0 Å². The molecule has 1 saturated heterocycles. The van der Waals surface area contributed by atoms with Gasteiger partial charge in [-0.15, -0.1) is 0 Å². The topological polar surface area (TPSA) is 92.5 Å². The molecule has 1 fully saturated rings. The molecule has 0 aromatic heterocycles. The normalized spacial score (nSPS) is 17.5. The summed E-state index contributed by atoms with van der Waals surface area (Å²) in [5, 5.41) is 2.88. The molecule has 0 radical (unpaired) electrons. The second-order valence-electron chi connectivity index (χ2n) is 6.83. The van der Waals surface area contributed by atoms with E-state index in [-0.39, 0.29) is 11.8 Å². The Hall–Kier alpha value is -2.02. The molecule has 2 rings (SSSR count). The van der Waals surface area contributed by atoms with Crippen LogP contribution >= 0.6 is 11.8 Å². The molecule has 27 heavy (non-hydrogen) atoms. The van der Waals surface area contributed by atoms with E-state index in [0.717, 1.165) is 25.0 Å².